The van der Waals surface area contributed by atoms with Crippen LogP contribution in [0.5, 0.6) is 0 Å². The Bertz CT molecular complexity index is 925. The van der Waals surface area contributed by atoms with E-state index in [0.717, 1.165) is 0 Å². The standard InChI is InChI=1S/C17H21ClFN5O5/c1-4-27-16(26)12(8(3)25)28-5-9-7(2)10(19)15(29-9)24-6-21-11-13(20)22-17(18)23-14(11)24/h6-7,9-10,12,15H,4-5H2,1-3H3,(H2,20,22,23)/t7-,9-,10+,12?,15-/m1/s1. The van der Waals surface area contributed by atoms with Crippen molar-refractivity contribution in [3.63, 3.8) is 0 Å². The summed E-state index contributed by atoms with van der Waals surface area (Å²) in [6.45, 7) is 4.41. The van der Waals surface area contributed by atoms with E-state index in [-0.39, 0.29) is 35.5 Å². The molecule has 1 unspecified atom stereocenters. The number of nitrogens with two attached hydrogens (primary N) is 1. The lowest BCUT2D eigenvalue weighted by atomic mass is 10.0. The van der Waals surface area contributed by atoms with Crippen LogP contribution in [0.1, 0.15) is 27.0 Å². The molecule has 3 rings (SSSR count). The van der Waals surface area contributed by atoms with E-state index in [2.05, 4.69) is 15.0 Å². The van der Waals surface area contributed by atoms with Crippen molar-refractivity contribution in [2.45, 2.75) is 45.4 Å². The van der Waals surface area contributed by atoms with Crippen molar-refractivity contribution in [1.82, 2.24) is 19.5 Å². The highest BCUT2D eigenvalue weighted by Crippen LogP contribution is 2.38. The number of rotatable bonds is 7. The van der Waals surface area contributed by atoms with E-state index in [9.17, 15) is 14.0 Å². The first-order valence-electron chi connectivity index (χ1n) is 8.98. The summed E-state index contributed by atoms with van der Waals surface area (Å²) in [5, 5.41) is -0.100. The minimum Gasteiger partial charge on any atom is -0.464 e. The van der Waals surface area contributed by atoms with Crippen LogP contribution in [0, 0.1) is 5.92 Å². The average molecular weight is 430 g/mol. The third kappa shape index (κ3) is 4.16. The number of esters is 1. The fraction of sp³-hybridized carbons (Fsp3) is 0.588. The van der Waals surface area contributed by atoms with Gasteiger partial charge in [-0.2, -0.15) is 9.97 Å². The Hall–Kier alpha value is -2.37. The number of anilines is 1. The van der Waals surface area contributed by atoms with Gasteiger partial charge in [0.2, 0.25) is 11.4 Å². The summed E-state index contributed by atoms with van der Waals surface area (Å²) < 4.78 is 32.4. The van der Waals surface area contributed by atoms with Crippen LogP contribution in [-0.4, -0.2) is 62.9 Å². The number of nitrogen functional groups attached to an aromatic ring is 1. The molecule has 12 heteroatoms. The second kappa shape index (κ2) is 8.56. The summed E-state index contributed by atoms with van der Waals surface area (Å²) in [7, 11) is 0. The topological polar surface area (TPSA) is 131 Å². The van der Waals surface area contributed by atoms with Crippen LogP contribution >= 0.6 is 11.6 Å². The van der Waals surface area contributed by atoms with E-state index in [1.54, 1.807) is 13.8 Å². The quantitative estimate of drug-likeness (QED) is 0.394. The molecule has 2 aromatic heterocycles. The van der Waals surface area contributed by atoms with E-state index in [4.69, 9.17) is 31.5 Å². The maximum atomic E-state index is 15.0. The Labute approximate surface area is 170 Å². The molecule has 1 aliphatic heterocycles. The maximum Gasteiger partial charge on any atom is 0.343 e. The number of aromatic nitrogens is 4. The number of halogens is 2. The lowest BCUT2D eigenvalue weighted by molar-refractivity contribution is -0.164. The number of alkyl halides is 1. The molecule has 3 heterocycles. The number of carbonyl (C=O) groups excluding carboxylic acids is 2. The minimum absolute atomic E-state index is 0.0684. The Morgan fingerprint density at radius 3 is 2.83 bits per heavy atom. The molecular formula is C17H21ClFN5O5. The maximum absolute atomic E-state index is 15.0. The number of ketones is 1. The second-order valence-electron chi connectivity index (χ2n) is 6.65. The Morgan fingerprint density at radius 2 is 2.17 bits per heavy atom. The molecular weight excluding hydrogens is 409 g/mol. The first kappa shape index (κ1) is 21.3. The van der Waals surface area contributed by atoms with Crippen molar-refractivity contribution in [3.8, 4) is 0 Å². The van der Waals surface area contributed by atoms with Crippen molar-refractivity contribution in [1.29, 1.82) is 0 Å². The summed E-state index contributed by atoms with van der Waals surface area (Å²) in [6.07, 6.45) is -3.26. The normalized spacial score (nSPS) is 25.3. The van der Waals surface area contributed by atoms with Crippen LogP contribution in [0.4, 0.5) is 10.2 Å². The number of fused-ring (bicyclic) bond motifs is 1. The van der Waals surface area contributed by atoms with Crippen LogP contribution in [-0.2, 0) is 23.8 Å². The molecule has 5 atom stereocenters. The number of hydrogen-bond donors (Lipinski definition) is 1. The molecule has 0 aliphatic carbocycles. The summed E-state index contributed by atoms with van der Waals surface area (Å²) in [5.41, 5.74) is 6.29. The van der Waals surface area contributed by atoms with Gasteiger partial charge < -0.3 is 19.9 Å². The molecule has 1 fully saturated rings. The highest BCUT2D eigenvalue weighted by atomic mass is 35.5. The highest BCUT2D eigenvalue weighted by Gasteiger charge is 2.45. The van der Waals surface area contributed by atoms with E-state index in [0.29, 0.717) is 0 Å². The van der Waals surface area contributed by atoms with Gasteiger partial charge in [-0.05, 0) is 25.4 Å². The molecule has 158 valence electrons. The van der Waals surface area contributed by atoms with Crippen molar-refractivity contribution in [3.05, 3.63) is 11.6 Å². The zero-order chi connectivity index (χ0) is 21.3. The highest BCUT2D eigenvalue weighted by molar-refractivity contribution is 6.28. The Kier molecular flexibility index (Phi) is 6.30. The monoisotopic (exact) mass is 429 g/mol. The van der Waals surface area contributed by atoms with Crippen molar-refractivity contribution < 1.29 is 28.2 Å². The zero-order valence-corrected chi connectivity index (χ0v) is 16.8. The van der Waals surface area contributed by atoms with Crippen molar-refractivity contribution >= 4 is 40.3 Å². The third-order valence-corrected chi connectivity index (χ3v) is 4.84. The van der Waals surface area contributed by atoms with Gasteiger partial charge in [0.05, 0.1) is 25.6 Å². The van der Waals surface area contributed by atoms with Gasteiger partial charge in [-0.15, -0.1) is 0 Å². The summed E-state index contributed by atoms with van der Waals surface area (Å²) in [4.78, 5) is 35.5. The van der Waals surface area contributed by atoms with E-state index >= 15 is 0 Å². The van der Waals surface area contributed by atoms with Gasteiger partial charge >= 0.3 is 5.97 Å². The summed E-state index contributed by atoms with van der Waals surface area (Å²) >= 11 is 5.85. The largest absolute Gasteiger partial charge is 0.464 e. The van der Waals surface area contributed by atoms with Gasteiger partial charge in [0, 0.05) is 5.92 Å². The van der Waals surface area contributed by atoms with Crippen LogP contribution in [0.25, 0.3) is 11.2 Å². The van der Waals surface area contributed by atoms with Crippen LogP contribution in [0.15, 0.2) is 6.33 Å². The predicted octanol–water partition coefficient (Wildman–Crippen LogP) is 1.47. The SMILES string of the molecule is CCOC(=O)C(OC[C@H]1O[C@@H](n2cnc3c(N)nc(Cl)nc32)[C@@H](F)[C@@H]1C)C(C)=O. The number of carbonyl (C=O) groups is 2. The molecule has 0 saturated carbocycles. The Balaban J connectivity index is 1.77. The molecule has 0 radical (unpaired) electrons. The summed E-state index contributed by atoms with van der Waals surface area (Å²) in [5.74, 6) is -1.83. The minimum atomic E-state index is -1.44. The molecule has 2 aromatic rings. The fourth-order valence-electron chi connectivity index (χ4n) is 3.11. The smallest absolute Gasteiger partial charge is 0.343 e. The van der Waals surface area contributed by atoms with E-state index in [1.807, 2.05) is 0 Å². The van der Waals surface area contributed by atoms with E-state index in [1.165, 1.54) is 17.8 Å². The first-order valence-corrected chi connectivity index (χ1v) is 9.36. The molecule has 2 N–H and O–H groups in total. The molecule has 1 saturated heterocycles. The van der Waals surface area contributed by atoms with Gasteiger partial charge in [-0.25, -0.2) is 14.2 Å². The van der Waals surface area contributed by atoms with Gasteiger partial charge in [0.1, 0.15) is 5.52 Å². The molecule has 0 amide bonds. The average Bonchev–Trinajstić information content (AvgIpc) is 3.18. The molecule has 0 bridgehead atoms. The molecule has 0 aromatic carbocycles. The number of nitrogens with zero attached hydrogens (tertiary/aromatic N) is 4. The van der Waals surface area contributed by atoms with Crippen molar-refractivity contribution in [2.24, 2.45) is 5.92 Å². The third-order valence-electron chi connectivity index (χ3n) is 4.67. The van der Waals surface area contributed by atoms with Gasteiger partial charge in [0.25, 0.3) is 0 Å². The number of hydrogen-bond acceptors (Lipinski definition) is 9. The van der Waals surface area contributed by atoms with Gasteiger partial charge in [-0.3, -0.25) is 9.36 Å². The lowest BCUT2D eigenvalue weighted by Gasteiger charge is -2.19. The van der Waals surface area contributed by atoms with Crippen molar-refractivity contribution in [2.75, 3.05) is 18.9 Å². The molecule has 0 spiro atoms. The van der Waals surface area contributed by atoms with Crippen LogP contribution < -0.4 is 5.73 Å². The Morgan fingerprint density at radius 1 is 1.45 bits per heavy atom. The fourth-order valence-corrected chi connectivity index (χ4v) is 3.28. The molecule has 1 aliphatic rings. The van der Waals surface area contributed by atoms with Gasteiger partial charge in [0.15, 0.2) is 29.6 Å². The van der Waals surface area contributed by atoms with Crippen LogP contribution in [0.3, 0.4) is 0 Å². The zero-order valence-electron chi connectivity index (χ0n) is 16.0. The number of Topliss-reactive ketones (excluding diaryl/α,β-unsaturated/α-hetero) is 1. The van der Waals surface area contributed by atoms with E-state index < -0.39 is 42.3 Å². The first-order chi connectivity index (χ1) is 13.7. The van der Waals surface area contributed by atoms with Crippen LogP contribution in [0.2, 0.25) is 5.28 Å². The van der Waals surface area contributed by atoms with Gasteiger partial charge in [-0.1, -0.05) is 6.92 Å². The predicted molar refractivity (Wildman–Crippen MR) is 99.8 cm³/mol. The molecule has 10 nitrogen and oxygen atoms in total. The summed E-state index contributed by atoms with van der Waals surface area (Å²) in [6, 6.07) is 0. The lowest BCUT2D eigenvalue weighted by Crippen LogP contribution is -2.36. The molecule has 29 heavy (non-hydrogen) atoms. The second-order valence-corrected chi connectivity index (χ2v) is 6.98. The number of ether oxygens (including phenoxy) is 3. The number of imidazole rings is 1.